The molecule has 0 unspecified atom stereocenters. The Morgan fingerprint density at radius 1 is 0.958 bits per heavy atom. The van der Waals surface area contributed by atoms with Crippen LogP contribution in [0.15, 0.2) is 40.8 Å². The minimum absolute atomic E-state index is 0.785. The molecule has 5 heteroatoms. The number of aromatic nitrogens is 2. The number of nitrogens with zero attached hydrogens (tertiary/aromatic N) is 4. The van der Waals surface area contributed by atoms with E-state index in [1.165, 1.54) is 5.39 Å². The Kier molecular flexibility index (Phi) is 3.94. The Hall–Kier alpha value is -2.40. The van der Waals surface area contributed by atoms with Gasteiger partial charge < -0.3 is 9.32 Å². The molecule has 3 aromatic rings. The molecule has 0 atom stereocenters. The van der Waals surface area contributed by atoms with Gasteiger partial charge in [-0.2, -0.15) is 0 Å². The summed E-state index contributed by atoms with van der Waals surface area (Å²) in [5, 5.41) is 1.19. The van der Waals surface area contributed by atoms with Gasteiger partial charge in [0.25, 0.3) is 0 Å². The summed E-state index contributed by atoms with van der Waals surface area (Å²) in [6, 6.07) is 12.5. The van der Waals surface area contributed by atoms with E-state index in [1.807, 2.05) is 19.9 Å². The van der Waals surface area contributed by atoms with E-state index >= 15 is 0 Å². The SMILES string of the molecule is Cc1nc(CN2CCN(c3ccc4ccccc4n3)CC2)oc1C. The highest BCUT2D eigenvalue weighted by atomic mass is 16.4. The second-order valence-electron chi connectivity index (χ2n) is 6.37. The minimum Gasteiger partial charge on any atom is -0.444 e. The monoisotopic (exact) mass is 322 g/mol. The fraction of sp³-hybridized carbons (Fsp3) is 0.368. The van der Waals surface area contributed by atoms with E-state index in [9.17, 15) is 0 Å². The lowest BCUT2D eigenvalue weighted by Gasteiger charge is -2.34. The van der Waals surface area contributed by atoms with Gasteiger partial charge in [0, 0.05) is 31.6 Å². The van der Waals surface area contributed by atoms with Gasteiger partial charge in [-0.1, -0.05) is 18.2 Å². The first-order valence-corrected chi connectivity index (χ1v) is 8.45. The molecule has 0 bridgehead atoms. The molecule has 24 heavy (non-hydrogen) atoms. The molecule has 5 nitrogen and oxygen atoms in total. The number of hydrogen-bond acceptors (Lipinski definition) is 5. The van der Waals surface area contributed by atoms with Crippen LogP contribution in [0.2, 0.25) is 0 Å². The van der Waals surface area contributed by atoms with Crippen LogP contribution in [0.5, 0.6) is 0 Å². The van der Waals surface area contributed by atoms with Crippen LogP contribution in [-0.2, 0) is 6.54 Å². The molecule has 2 aromatic heterocycles. The molecule has 1 aliphatic rings. The van der Waals surface area contributed by atoms with Gasteiger partial charge in [0.05, 0.1) is 17.8 Å². The summed E-state index contributed by atoms with van der Waals surface area (Å²) in [4.78, 5) is 14.0. The highest BCUT2D eigenvalue weighted by molar-refractivity contribution is 5.80. The van der Waals surface area contributed by atoms with Crippen molar-refractivity contribution in [3.63, 3.8) is 0 Å². The van der Waals surface area contributed by atoms with Gasteiger partial charge in [0.1, 0.15) is 11.6 Å². The number of pyridine rings is 1. The number of para-hydroxylation sites is 1. The number of benzene rings is 1. The van der Waals surface area contributed by atoms with Crippen LogP contribution in [-0.4, -0.2) is 41.0 Å². The van der Waals surface area contributed by atoms with Crippen molar-refractivity contribution in [3.8, 4) is 0 Å². The summed E-state index contributed by atoms with van der Waals surface area (Å²) in [6.45, 7) is 8.69. The minimum atomic E-state index is 0.785. The third-order valence-electron chi connectivity index (χ3n) is 4.71. The fourth-order valence-corrected chi connectivity index (χ4v) is 3.16. The Morgan fingerprint density at radius 3 is 2.50 bits per heavy atom. The largest absolute Gasteiger partial charge is 0.444 e. The second-order valence-corrected chi connectivity index (χ2v) is 6.37. The maximum atomic E-state index is 5.70. The number of aryl methyl sites for hydroxylation is 2. The average Bonchev–Trinajstić information content (AvgIpc) is 2.92. The first kappa shape index (κ1) is 15.1. The third-order valence-corrected chi connectivity index (χ3v) is 4.71. The quantitative estimate of drug-likeness (QED) is 0.741. The fourth-order valence-electron chi connectivity index (χ4n) is 3.16. The zero-order valence-electron chi connectivity index (χ0n) is 14.2. The Bertz CT molecular complexity index is 830. The van der Waals surface area contributed by atoms with Crippen LogP contribution >= 0.6 is 0 Å². The van der Waals surface area contributed by atoms with Crippen molar-refractivity contribution in [2.24, 2.45) is 0 Å². The van der Waals surface area contributed by atoms with Crippen molar-refractivity contribution in [3.05, 3.63) is 53.7 Å². The van der Waals surface area contributed by atoms with E-state index in [-0.39, 0.29) is 0 Å². The van der Waals surface area contributed by atoms with Gasteiger partial charge in [-0.3, -0.25) is 4.90 Å². The van der Waals surface area contributed by atoms with Crippen molar-refractivity contribution in [1.82, 2.24) is 14.9 Å². The molecular weight excluding hydrogens is 300 g/mol. The molecule has 0 N–H and O–H groups in total. The van der Waals surface area contributed by atoms with Crippen LogP contribution in [0, 0.1) is 13.8 Å². The Morgan fingerprint density at radius 2 is 1.75 bits per heavy atom. The van der Waals surface area contributed by atoms with E-state index in [0.717, 1.165) is 61.4 Å². The summed E-state index contributed by atoms with van der Waals surface area (Å²) in [5.74, 6) is 2.81. The van der Waals surface area contributed by atoms with Gasteiger partial charge in [-0.05, 0) is 32.0 Å². The molecule has 0 radical (unpaired) electrons. The topological polar surface area (TPSA) is 45.4 Å². The van der Waals surface area contributed by atoms with Gasteiger partial charge >= 0.3 is 0 Å². The van der Waals surface area contributed by atoms with E-state index < -0.39 is 0 Å². The normalized spacial score (nSPS) is 16.0. The lowest BCUT2D eigenvalue weighted by Crippen LogP contribution is -2.46. The number of fused-ring (bicyclic) bond motifs is 1. The van der Waals surface area contributed by atoms with Crippen LogP contribution in [0.25, 0.3) is 10.9 Å². The van der Waals surface area contributed by atoms with Gasteiger partial charge in [0.15, 0.2) is 0 Å². The molecule has 3 heterocycles. The molecule has 0 spiro atoms. The van der Waals surface area contributed by atoms with Gasteiger partial charge in [-0.15, -0.1) is 0 Å². The molecule has 1 aromatic carbocycles. The van der Waals surface area contributed by atoms with Crippen LogP contribution in [0.4, 0.5) is 5.82 Å². The lowest BCUT2D eigenvalue weighted by molar-refractivity contribution is 0.224. The molecule has 1 fully saturated rings. The molecular formula is C19H22N4O. The second kappa shape index (κ2) is 6.24. The number of hydrogen-bond donors (Lipinski definition) is 0. The van der Waals surface area contributed by atoms with Crippen molar-refractivity contribution in [2.75, 3.05) is 31.1 Å². The summed E-state index contributed by atoms with van der Waals surface area (Å²) in [7, 11) is 0. The maximum absolute atomic E-state index is 5.70. The molecule has 0 amide bonds. The smallest absolute Gasteiger partial charge is 0.208 e. The molecule has 0 aliphatic carbocycles. The highest BCUT2D eigenvalue weighted by Gasteiger charge is 2.20. The Balaban J connectivity index is 1.41. The van der Waals surface area contributed by atoms with Gasteiger partial charge in [-0.25, -0.2) is 9.97 Å². The van der Waals surface area contributed by atoms with Crippen LogP contribution in [0.1, 0.15) is 17.3 Å². The number of anilines is 1. The first-order chi connectivity index (χ1) is 11.7. The summed E-state index contributed by atoms with van der Waals surface area (Å²) in [6.07, 6.45) is 0. The third kappa shape index (κ3) is 2.99. The Labute approximate surface area is 141 Å². The van der Waals surface area contributed by atoms with E-state index in [2.05, 4.69) is 45.1 Å². The van der Waals surface area contributed by atoms with Crippen molar-refractivity contribution >= 4 is 16.7 Å². The molecule has 0 saturated carbocycles. The predicted molar refractivity (Wildman–Crippen MR) is 95.2 cm³/mol. The highest BCUT2D eigenvalue weighted by Crippen LogP contribution is 2.20. The number of rotatable bonds is 3. The lowest BCUT2D eigenvalue weighted by atomic mass is 10.2. The molecule has 124 valence electrons. The number of piperazine rings is 1. The van der Waals surface area contributed by atoms with E-state index in [4.69, 9.17) is 9.40 Å². The number of oxazole rings is 1. The average molecular weight is 322 g/mol. The predicted octanol–water partition coefficient (Wildman–Crippen LogP) is 3.16. The van der Waals surface area contributed by atoms with Crippen molar-refractivity contribution in [2.45, 2.75) is 20.4 Å². The van der Waals surface area contributed by atoms with Crippen LogP contribution < -0.4 is 4.90 Å². The summed E-state index contributed by atoms with van der Waals surface area (Å²) < 4.78 is 5.70. The van der Waals surface area contributed by atoms with Crippen molar-refractivity contribution in [1.29, 1.82) is 0 Å². The van der Waals surface area contributed by atoms with E-state index in [0.29, 0.717) is 0 Å². The standard InChI is InChI=1S/C19H22N4O/c1-14-15(2)24-19(20-14)13-22-9-11-23(12-10-22)18-8-7-16-5-3-4-6-17(16)21-18/h3-8H,9-13H2,1-2H3. The van der Waals surface area contributed by atoms with Gasteiger partial charge in [0.2, 0.25) is 5.89 Å². The maximum Gasteiger partial charge on any atom is 0.208 e. The summed E-state index contributed by atoms with van der Waals surface area (Å²) >= 11 is 0. The first-order valence-electron chi connectivity index (χ1n) is 8.45. The molecule has 1 saturated heterocycles. The summed E-state index contributed by atoms with van der Waals surface area (Å²) in [5.41, 5.74) is 2.05. The van der Waals surface area contributed by atoms with Crippen LogP contribution in [0.3, 0.4) is 0 Å². The molecule has 1 aliphatic heterocycles. The van der Waals surface area contributed by atoms with Crippen molar-refractivity contribution < 1.29 is 4.42 Å². The van der Waals surface area contributed by atoms with E-state index in [1.54, 1.807) is 0 Å². The zero-order chi connectivity index (χ0) is 16.5. The molecule has 4 rings (SSSR count). The zero-order valence-corrected chi connectivity index (χ0v) is 14.2.